The van der Waals surface area contributed by atoms with Gasteiger partial charge in [0.05, 0.1) is 18.8 Å². The molecule has 2 aliphatic heterocycles. The van der Waals surface area contributed by atoms with E-state index in [1.54, 1.807) is 6.07 Å². The number of fused-ring (bicyclic) bond motifs is 1. The van der Waals surface area contributed by atoms with E-state index >= 15 is 4.39 Å². The molecule has 154 valence electrons. The van der Waals surface area contributed by atoms with Crippen molar-refractivity contribution in [3.63, 3.8) is 0 Å². The average molecular weight is 433 g/mol. The van der Waals surface area contributed by atoms with Crippen LogP contribution in [-0.4, -0.2) is 40.7 Å². The van der Waals surface area contributed by atoms with Crippen LogP contribution >= 0.6 is 11.8 Å². The van der Waals surface area contributed by atoms with E-state index in [0.29, 0.717) is 0 Å². The van der Waals surface area contributed by atoms with Crippen molar-refractivity contribution in [3.8, 4) is 6.07 Å². The first-order valence-corrected chi connectivity index (χ1v) is 9.68. The van der Waals surface area contributed by atoms with Crippen molar-refractivity contribution in [2.45, 2.75) is 11.2 Å². The maximum atomic E-state index is 15.6. The predicted octanol–water partition coefficient (Wildman–Crippen LogP) is 2.48. The van der Waals surface area contributed by atoms with Gasteiger partial charge < -0.3 is 15.8 Å². The van der Waals surface area contributed by atoms with E-state index in [2.05, 4.69) is 15.3 Å². The molecule has 1 aromatic carbocycles. The third kappa shape index (κ3) is 3.18. The second-order valence-corrected chi connectivity index (χ2v) is 7.87. The number of thioether (sulfide) groups is 1. The van der Waals surface area contributed by atoms with E-state index in [9.17, 15) is 13.6 Å². The molecule has 0 saturated carbocycles. The molecule has 2 atom stereocenters. The Balaban J connectivity index is 1.70. The van der Waals surface area contributed by atoms with E-state index < -0.39 is 34.4 Å². The highest BCUT2D eigenvalue weighted by Crippen LogP contribution is 2.50. The zero-order valence-electron chi connectivity index (χ0n) is 15.3. The molecule has 2 aromatic rings. The predicted molar refractivity (Wildman–Crippen MR) is 104 cm³/mol. The third-order valence-corrected chi connectivity index (χ3v) is 5.98. The topological polar surface area (TPSA) is 113 Å². The first-order valence-electron chi connectivity index (χ1n) is 8.70. The Morgan fingerprint density at radius 3 is 2.83 bits per heavy atom. The lowest BCUT2D eigenvalue weighted by atomic mass is 9.79. The number of nitrogens with two attached hydrogens (primary N) is 1. The van der Waals surface area contributed by atoms with E-state index in [0.717, 1.165) is 30.1 Å². The number of alkyl halides is 1. The summed E-state index contributed by atoms with van der Waals surface area (Å²) in [4.78, 5) is 20.2. The van der Waals surface area contributed by atoms with Crippen LogP contribution in [0.25, 0.3) is 0 Å². The first kappa shape index (κ1) is 20.2. The SMILES string of the molecule is N#Cc1cnc(C(=O)Nc2ccc(F)c(C34COCC3(F)CSC(N)=N4)c2)c(F)c1. The Kier molecular flexibility index (Phi) is 4.91. The number of aliphatic imine (C=N–C) groups is 1. The number of aromatic nitrogens is 1. The van der Waals surface area contributed by atoms with Crippen molar-refractivity contribution in [1.82, 2.24) is 4.98 Å². The molecule has 30 heavy (non-hydrogen) atoms. The number of amidine groups is 1. The molecule has 0 spiro atoms. The summed E-state index contributed by atoms with van der Waals surface area (Å²) < 4.78 is 49.7. The van der Waals surface area contributed by atoms with E-state index in [-0.39, 0.29) is 40.9 Å². The van der Waals surface area contributed by atoms with Gasteiger partial charge in [-0.15, -0.1) is 0 Å². The lowest BCUT2D eigenvalue weighted by Crippen LogP contribution is -2.52. The van der Waals surface area contributed by atoms with Crippen molar-refractivity contribution in [3.05, 3.63) is 58.9 Å². The highest BCUT2D eigenvalue weighted by atomic mass is 32.2. The van der Waals surface area contributed by atoms with Crippen molar-refractivity contribution in [2.75, 3.05) is 24.3 Å². The number of nitriles is 1. The van der Waals surface area contributed by atoms with Gasteiger partial charge in [-0.1, -0.05) is 11.8 Å². The number of ether oxygens (including phenoxy) is 1. The number of rotatable bonds is 3. The standard InChI is InChI=1S/C19H14F3N5O2S/c20-13-2-1-11(26-16(28)15-14(21)3-10(5-23)6-25-15)4-12(13)19-8-29-7-18(19,22)9-30-17(24)27-19/h1-4,6H,7-9H2,(H2,24,27)(H,26,28). The molecule has 1 amide bonds. The van der Waals surface area contributed by atoms with Gasteiger partial charge in [-0.05, 0) is 24.3 Å². The molecule has 2 aliphatic rings. The van der Waals surface area contributed by atoms with Crippen molar-refractivity contribution in [2.24, 2.45) is 10.7 Å². The van der Waals surface area contributed by atoms with Crippen LogP contribution in [-0.2, 0) is 10.3 Å². The summed E-state index contributed by atoms with van der Waals surface area (Å²) in [5, 5.41) is 11.3. The van der Waals surface area contributed by atoms with Gasteiger partial charge in [-0.3, -0.25) is 4.79 Å². The van der Waals surface area contributed by atoms with Gasteiger partial charge >= 0.3 is 0 Å². The molecule has 4 rings (SSSR count). The summed E-state index contributed by atoms with van der Waals surface area (Å²) in [5.74, 6) is -2.70. The fourth-order valence-electron chi connectivity index (χ4n) is 3.47. The molecule has 0 bridgehead atoms. The number of hydrogen-bond acceptors (Lipinski definition) is 7. The lowest BCUT2D eigenvalue weighted by molar-refractivity contribution is 0.101. The van der Waals surface area contributed by atoms with Crippen molar-refractivity contribution in [1.29, 1.82) is 5.26 Å². The largest absolute Gasteiger partial charge is 0.379 e. The molecule has 11 heteroatoms. The molecule has 2 unspecified atom stereocenters. The number of amides is 1. The van der Waals surface area contributed by atoms with Crippen molar-refractivity contribution < 1.29 is 22.7 Å². The summed E-state index contributed by atoms with van der Waals surface area (Å²) in [6, 6.07) is 6.11. The van der Waals surface area contributed by atoms with Crippen LogP contribution < -0.4 is 11.1 Å². The summed E-state index contributed by atoms with van der Waals surface area (Å²) >= 11 is 1.02. The second kappa shape index (κ2) is 7.30. The van der Waals surface area contributed by atoms with E-state index in [4.69, 9.17) is 15.7 Å². The number of benzene rings is 1. The Labute approximate surface area is 173 Å². The van der Waals surface area contributed by atoms with Gasteiger partial charge in [0.1, 0.15) is 11.9 Å². The fourth-order valence-corrected chi connectivity index (χ4v) is 4.39. The maximum absolute atomic E-state index is 15.6. The van der Waals surface area contributed by atoms with Gasteiger partial charge in [0.15, 0.2) is 27.9 Å². The zero-order chi connectivity index (χ0) is 21.5. The van der Waals surface area contributed by atoms with Gasteiger partial charge in [-0.25, -0.2) is 23.1 Å². The minimum atomic E-state index is -1.98. The summed E-state index contributed by atoms with van der Waals surface area (Å²) in [7, 11) is 0. The third-order valence-electron chi connectivity index (χ3n) is 4.99. The molecule has 0 radical (unpaired) electrons. The Morgan fingerprint density at radius 2 is 2.10 bits per heavy atom. The summed E-state index contributed by atoms with van der Waals surface area (Å²) in [6.07, 6.45) is 1.05. The quantitative estimate of drug-likeness (QED) is 0.769. The molecule has 3 heterocycles. The highest BCUT2D eigenvalue weighted by molar-refractivity contribution is 8.13. The van der Waals surface area contributed by atoms with Gasteiger partial charge in [0.2, 0.25) is 0 Å². The van der Waals surface area contributed by atoms with Crippen LogP contribution in [0, 0.1) is 23.0 Å². The Hall–Kier alpha value is -3.10. The Bertz CT molecular complexity index is 1120. The number of halogens is 3. The molecule has 3 N–H and O–H groups in total. The van der Waals surface area contributed by atoms with Gasteiger partial charge in [-0.2, -0.15) is 5.26 Å². The number of carbonyl (C=O) groups excluding carboxylic acids is 1. The van der Waals surface area contributed by atoms with Crippen LogP contribution in [0.5, 0.6) is 0 Å². The lowest BCUT2D eigenvalue weighted by Gasteiger charge is -2.38. The average Bonchev–Trinajstić information content (AvgIpc) is 3.06. The number of carbonyl (C=O) groups is 1. The van der Waals surface area contributed by atoms with Crippen LogP contribution in [0.1, 0.15) is 21.6 Å². The minimum absolute atomic E-state index is 0.0432. The highest BCUT2D eigenvalue weighted by Gasteiger charge is 2.61. The van der Waals surface area contributed by atoms with Crippen LogP contribution in [0.4, 0.5) is 18.9 Å². The first-order chi connectivity index (χ1) is 14.3. The van der Waals surface area contributed by atoms with Crippen LogP contribution in [0.3, 0.4) is 0 Å². The molecular formula is C19H14F3N5O2S. The number of nitrogens with one attached hydrogen (secondary N) is 1. The second-order valence-electron chi connectivity index (χ2n) is 6.87. The molecule has 1 fully saturated rings. The maximum Gasteiger partial charge on any atom is 0.277 e. The number of pyridine rings is 1. The molecular weight excluding hydrogens is 419 g/mol. The molecule has 0 aliphatic carbocycles. The minimum Gasteiger partial charge on any atom is -0.379 e. The summed E-state index contributed by atoms with van der Waals surface area (Å²) in [6.45, 7) is -0.488. The van der Waals surface area contributed by atoms with Gasteiger partial charge in [0, 0.05) is 23.2 Å². The zero-order valence-corrected chi connectivity index (χ0v) is 16.1. The molecule has 1 saturated heterocycles. The fraction of sp³-hybridized carbons (Fsp3) is 0.263. The van der Waals surface area contributed by atoms with Gasteiger partial charge in [0.25, 0.3) is 5.91 Å². The normalized spacial score (nSPS) is 25.2. The van der Waals surface area contributed by atoms with E-state index in [1.807, 2.05) is 0 Å². The van der Waals surface area contributed by atoms with Crippen LogP contribution in [0.2, 0.25) is 0 Å². The van der Waals surface area contributed by atoms with Crippen molar-refractivity contribution >= 4 is 28.5 Å². The molecule has 7 nitrogen and oxygen atoms in total. The number of anilines is 1. The number of hydrogen-bond donors (Lipinski definition) is 2. The van der Waals surface area contributed by atoms with Crippen LogP contribution in [0.15, 0.2) is 35.5 Å². The molecule has 1 aromatic heterocycles. The number of nitrogens with zero attached hydrogens (tertiary/aromatic N) is 3. The van der Waals surface area contributed by atoms with E-state index in [1.165, 1.54) is 12.1 Å². The monoisotopic (exact) mass is 433 g/mol. The summed E-state index contributed by atoms with van der Waals surface area (Å²) in [5.41, 5.74) is 1.48. The Morgan fingerprint density at radius 1 is 1.30 bits per heavy atom. The smallest absolute Gasteiger partial charge is 0.277 e.